The molecular formula is C22H24O5. The van der Waals surface area contributed by atoms with Crippen molar-refractivity contribution >= 4 is 10.8 Å². The van der Waals surface area contributed by atoms with E-state index in [2.05, 4.69) is 0 Å². The van der Waals surface area contributed by atoms with E-state index in [1.54, 1.807) is 28.4 Å². The molecule has 5 nitrogen and oxygen atoms in total. The predicted molar refractivity (Wildman–Crippen MR) is 107 cm³/mol. The van der Waals surface area contributed by atoms with Crippen molar-refractivity contribution in [2.45, 2.75) is 6.92 Å². The summed E-state index contributed by atoms with van der Waals surface area (Å²) in [6.07, 6.45) is 0. The Kier molecular flexibility index (Phi) is 5.60. The van der Waals surface area contributed by atoms with Crippen LogP contribution in [0.3, 0.4) is 0 Å². The topological polar surface area (TPSA) is 46.2 Å². The number of benzene rings is 3. The molecule has 0 aliphatic heterocycles. The van der Waals surface area contributed by atoms with Gasteiger partial charge in [-0.2, -0.15) is 0 Å². The highest BCUT2D eigenvalue weighted by Gasteiger charge is 2.16. The van der Waals surface area contributed by atoms with E-state index in [1.807, 2.05) is 49.4 Å². The Morgan fingerprint density at radius 3 is 2.00 bits per heavy atom. The van der Waals surface area contributed by atoms with Gasteiger partial charge in [-0.05, 0) is 42.1 Å². The highest BCUT2D eigenvalue weighted by molar-refractivity contribution is 5.97. The minimum Gasteiger partial charge on any atom is -0.495 e. The first kappa shape index (κ1) is 18.7. The standard InChI is InChI=1S/C22H24O5/c1-6-27-21-12-15-7-9-16(22(26-5)17(15)13-20(21)25-4)14-8-10-18(23-2)19(11-14)24-3/h7-13H,6H2,1-5H3. The number of hydrogen-bond acceptors (Lipinski definition) is 5. The first-order chi connectivity index (χ1) is 13.2. The summed E-state index contributed by atoms with van der Waals surface area (Å²) >= 11 is 0. The fourth-order valence-electron chi connectivity index (χ4n) is 3.18. The molecule has 0 amide bonds. The van der Waals surface area contributed by atoms with Crippen molar-refractivity contribution in [3.8, 4) is 39.9 Å². The highest BCUT2D eigenvalue weighted by atomic mass is 16.5. The molecule has 0 aliphatic carbocycles. The van der Waals surface area contributed by atoms with Gasteiger partial charge in [0, 0.05) is 10.9 Å². The minimum atomic E-state index is 0.572. The van der Waals surface area contributed by atoms with Crippen LogP contribution in [0.1, 0.15) is 6.92 Å². The maximum absolute atomic E-state index is 5.77. The lowest BCUT2D eigenvalue weighted by Crippen LogP contribution is -1.97. The summed E-state index contributed by atoms with van der Waals surface area (Å²) < 4.78 is 27.7. The first-order valence-electron chi connectivity index (χ1n) is 8.70. The molecule has 0 N–H and O–H groups in total. The molecule has 0 radical (unpaired) electrons. The van der Waals surface area contributed by atoms with Crippen molar-refractivity contribution in [3.05, 3.63) is 42.5 Å². The predicted octanol–water partition coefficient (Wildman–Crippen LogP) is 4.94. The van der Waals surface area contributed by atoms with E-state index in [1.165, 1.54) is 0 Å². The van der Waals surface area contributed by atoms with Crippen LogP contribution in [0, 0.1) is 0 Å². The number of rotatable bonds is 7. The molecule has 142 valence electrons. The van der Waals surface area contributed by atoms with E-state index in [-0.39, 0.29) is 0 Å². The fraction of sp³-hybridized carbons (Fsp3) is 0.273. The Bertz CT molecular complexity index is 949. The van der Waals surface area contributed by atoms with E-state index in [0.717, 1.165) is 27.6 Å². The van der Waals surface area contributed by atoms with Crippen molar-refractivity contribution in [1.29, 1.82) is 0 Å². The van der Waals surface area contributed by atoms with Crippen LogP contribution in [0.4, 0.5) is 0 Å². The lowest BCUT2D eigenvalue weighted by molar-refractivity contribution is 0.311. The summed E-state index contributed by atoms with van der Waals surface area (Å²) in [6, 6.07) is 13.8. The molecule has 0 aromatic heterocycles. The lowest BCUT2D eigenvalue weighted by atomic mass is 9.98. The van der Waals surface area contributed by atoms with Gasteiger partial charge in [-0.3, -0.25) is 0 Å². The number of methoxy groups -OCH3 is 4. The number of hydrogen-bond donors (Lipinski definition) is 0. The van der Waals surface area contributed by atoms with Crippen LogP contribution in [-0.4, -0.2) is 35.0 Å². The lowest BCUT2D eigenvalue weighted by Gasteiger charge is -2.16. The van der Waals surface area contributed by atoms with Crippen molar-refractivity contribution in [2.24, 2.45) is 0 Å². The van der Waals surface area contributed by atoms with E-state index in [4.69, 9.17) is 23.7 Å². The van der Waals surface area contributed by atoms with Gasteiger partial charge < -0.3 is 23.7 Å². The molecule has 3 aromatic rings. The Balaban J connectivity index is 2.21. The Hall–Kier alpha value is -3.08. The largest absolute Gasteiger partial charge is 0.495 e. The fourth-order valence-corrected chi connectivity index (χ4v) is 3.18. The van der Waals surface area contributed by atoms with Crippen LogP contribution < -0.4 is 23.7 Å². The average molecular weight is 368 g/mol. The zero-order valence-corrected chi connectivity index (χ0v) is 16.3. The van der Waals surface area contributed by atoms with Gasteiger partial charge >= 0.3 is 0 Å². The Morgan fingerprint density at radius 1 is 0.667 bits per heavy atom. The van der Waals surface area contributed by atoms with Crippen molar-refractivity contribution in [3.63, 3.8) is 0 Å². The van der Waals surface area contributed by atoms with Crippen LogP contribution in [0.25, 0.3) is 21.9 Å². The Labute approximate surface area is 159 Å². The van der Waals surface area contributed by atoms with Gasteiger partial charge in [0.05, 0.1) is 35.0 Å². The molecule has 5 heteroatoms. The summed E-state index contributed by atoms with van der Waals surface area (Å²) in [5.74, 6) is 3.51. The smallest absolute Gasteiger partial charge is 0.161 e. The van der Waals surface area contributed by atoms with Crippen LogP contribution in [0.15, 0.2) is 42.5 Å². The summed E-state index contributed by atoms with van der Waals surface area (Å²) in [5, 5.41) is 1.96. The van der Waals surface area contributed by atoms with Gasteiger partial charge in [-0.15, -0.1) is 0 Å². The van der Waals surface area contributed by atoms with E-state index in [0.29, 0.717) is 29.6 Å². The number of fused-ring (bicyclic) bond motifs is 1. The van der Waals surface area contributed by atoms with Crippen LogP contribution in [0.2, 0.25) is 0 Å². The van der Waals surface area contributed by atoms with Gasteiger partial charge in [0.2, 0.25) is 0 Å². The van der Waals surface area contributed by atoms with Crippen LogP contribution in [0.5, 0.6) is 28.7 Å². The molecular weight excluding hydrogens is 344 g/mol. The highest BCUT2D eigenvalue weighted by Crippen LogP contribution is 2.43. The zero-order chi connectivity index (χ0) is 19.4. The third-order valence-corrected chi connectivity index (χ3v) is 4.45. The second-order valence-electron chi connectivity index (χ2n) is 5.87. The third kappa shape index (κ3) is 3.45. The summed E-state index contributed by atoms with van der Waals surface area (Å²) in [6.45, 7) is 2.52. The van der Waals surface area contributed by atoms with Gasteiger partial charge in [-0.25, -0.2) is 0 Å². The van der Waals surface area contributed by atoms with Gasteiger partial charge in [0.25, 0.3) is 0 Å². The van der Waals surface area contributed by atoms with E-state index < -0.39 is 0 Å². The molecule has 0 heterocycles. The van der Waals surface area contributed by atoms with Gasteiger partial charge in [-0.1, -0.05) is 18.2 Å². The molecule has 0 atom stereocenters. The monoisotopic (exact) mass is 368 g/mol. The average Bonchev–Trinajstić information content (AvgIpc) is 2.71. The second kappa shape index (κ2) is 8.08. The molecule has 0 fully saturated rings. The van der Waals surface area contributed by atoms with Gasteiger partial charge in [0.15, 0.2) is 23.0 Å². The summed E-state index contributed by atoms with van der Waals surface area (Å²) in [5.41, 5.74) is 1.93. The van der Waals surface area contributed by atoms with E-state index >= 15 is 0 Å². The van der Waals surface area contributed by atoms with Crippen molar-refractivity contribution in [2.75, 3.05) is 35.0 Å². The van der Waals surface area contributed by atoms with Gasteiger partial charge in [0.1, 0.15) is 5.75 Å². The molecule has 0 aliphatic rings. The molecule has 0 saturated carbocycles. The maximum atomic E-state index is 5.77. The molecule has 27 heavy (non-hydrogen) atoms. The molecule has 3 aromatic carbocycles. The van der Waals surface area contributed by atoms with Crippen molar-refractivity contribution in [1.82, 2.24) is 0 Å². The second-order valence-corrected chi connectivity index (χ2v) is 5.87. The minimum absolute atomic E-state index is 0.572. The molecule has 0 unspecified atom stereocenters. The molecule has 0 saturated heterocycles. The van der Waals surface area contributed by atoms with Crippen molar-refractivity contribution < 1.29 is 23.7 Å². The molecule has 3 rings (SSSR count). The normalized spacial score (nSPS) is 10.6. The zero-order valence-electron chi connectivity index (χ0n) is 16.3. The quantitative estimate of drug-likeness (QED) is 0.591. The summed E-state index contributed by atoms with van der Waals surface area (Å²) in [4.78, 5) is 0. The SMILES string of the molecule is CCOc1cc2ccc(-c3ccc(OC)c(OC)c3)c(OC)c2cc1OC. The molecule has 0 spiro atoms. The van der Waals surface area contributed by atoms with Crippen LogP contribution in [-0.2, 0) is 0 Å². The first-order valence-corrected chi connectivity index (χ1v) is 8.70. The van der Waals surface area contributed by atoms with E-state index in [9.17, 15) is 0 Å². The molecule has 0 bridgehead atoms. The summed E-state index contributed by atoms with van der Waals surface area (Å²) in [7, 11) is 6.55. The maximum Gasteiger partial charge on any atom is 0.161 e. The Morgan fingerprint density at radius 2 is 1.37 bits per heavy atom. The third-order valence-electron chi connectivity index (χ3n) is 4.45. The number of ether oxygens (including phenoxy) is 5. The van der Waals surface area contributed by atoms with Crippen LogP contribution >= 0.6 is 0 Å².